The quantitative estimate of drug-likeness (QED) is 0.133. The fourth-order valence-electron chi connectivity index (χ4n) is 6.03. The molecule has 0 spiro atoms. The number of rotatable bonds is 10. The summed E-state index contributed by atoms with van der Waals surface area (Å²) in [5.74, 6) is -0.0352. The largest absolute Gasteiger partial charge is 0.444 e. The van der Waals surface area contributed by atoms with Crippen LogP contribution < -0.4 is 15.2 Å². The Labute approximate surface area is 315 Å². The molecule has 3 aromatic rings. The SMILES string of the molecule is CCO/N=C(/C(=O)NC1C(=O)N2C(C)=C(C[n+]3cccc4c3ncn4CC3CN(C(=O)OC(C)(C)C)C3)CSC12)c1nsc(NC(=O)OC(C)(C)C)n1. The summed E-state index contributed by atoms with van der Waals surface area (Å²) in [6, 6.07) is 3.22. The lowest BCUT2D eigenvalue weighted by molar-refractivity contribution is -0.664. The summed E-state index contributed by atoms with van der Waals surface area (Å²) in [6.45, 7) is 17.1. The molecule has 2 fully saturated rings. The molecule has 0 aromatic carbocycles. The van der Waals surface area contributed by atoms with Gasteiger partial charge in [-0.25, -0.2) is 14.2 Å². The number of fused-ring (bicyclic) bond motifs is 2. The second-order valence-electron chi connectivity index (χ2n) is 15.0. The average molecular weight is 770 g/mol. The van der Waals surface area contributed by atoms with Gasteiger partial charge in [-0.1, -0.05) is 5.16 Å². The van der Waals surface area contributed by atoms with Crippen molar-refractivity contribution in [1.29, 1.82) is 0 Å². The minimum Gasteiger partial charge on any atom is -0.444 e. The van der Waals surface area contributed by atoms with Gasteiger partial charge in [-0.05, 0) is 72.5 Å². The van der Waals surface area contributed by atoms with E-state index in [4.69, 9.17) is 19.3 Å². The maximum absolute atomic E-state index is 13.5. The van der Waals surface area contributed by atoms with Crippen LogP contribution in [0.4, 0.5) is 14.7 Å². The normalized spacial score (nSPS) is 19.4. The van der Waals surface area contributed by atoms with E-state index in [1.807, 2.05) is 52.4 Å². The molecule has 3 aromatic heterocycles. The van der Waals surface area contributed by atoms with Gasteiger partial charge in [-0.15, -0.1) is 11.8 Å². The lowest BCUT2D eigenvalue weighted by Gasteiger charge is -2.50. The van der Waals surface area contributed by atoms with Gasteiger partial charge < -0.3 is 29.1 Å². The minimum absolute atomic E-state index is 0.0607. The number of imidazole rings is 1. The Hall–Kier alpha value is -4.78. The summed E-state index contributed by atoms with van der Waals surface area (Å²) in [7, 11) is 0. The van der Waals surface area contributed by atoms with Crippen molar-refractivity contribution in [2.75, 3.05) is 30.8 Å². The van der Waals surface area contributed by atoms with Crippen molar-refractivity contribution >= 4 is 69.3 Å². The van der Waals surface area contributed by atoms with Crippen LogP contribution in [0.25, 0.3) is 11.2 Å². The van der Waals surface area contributed by atoms with Crippen molar-refractivity contribution in [1.82, 2.24) is 34.0 Å². The summed E-state index contributed by atoms with van der Waals surface area (Å²) < 4.78 is 19.1. The first-order chi connectivity index (χ1) is 25.0. The van der Waals surface area contributed by atoms with Gasteiger partial charge in [0.2, 0.25) is 23.0 Å². The molecule has 3 aliphatic rings. The van der Waals surface area contributed by atoms with Crippen LogP contribution >= 0.6 is 23.3 Å². The number of hydrogen-bond donors (Lipinski definition) is 2. The molecule has 6 rings (SSSR count). The van der Waals surface area contributed by atoms with Crippen LogP contribution in [0.2, 0.25) is 0 Å². The van der Waals surface area contributed by atoms with Crippen molar-refractivity contribution in [2.45, 2.75) is 91.1 Å². The highest BCUT2D eigenvalue weighted by Crippen LogP contribution is 2.40. The first-order valence-electron chi connectivity index (χ1n) is 17.3. The predicted octanol–water partition coefficient (Wildman–Crippen LogP) is 3.50. The van der Waals surface area contributed by atoms with Gasteiger partial charge in [0.05, 0.1) is 6.20 Å². The second-order valence-corrected chi connectivity index (χ2v) is 16.8. The maximum Gasteiger partial charge on any atom is 0.414 e. The van der Waals surface area contributed by atoms with E-state index in [1.165, 1.54) is 0 Å². The van der Waals surface area contributed by atoms with E-state index in [1.54, 1.807) is 49.3 Å². The number of hydrogen-bond acceptors (Lipinski definition) is 13. The van der Waals surface area contributed by atoms with E-state index < -0.39 is 29.2 Å². The third-order valence-corrected chi connectivity index (χ3v) is 10.4. The van der Waals surface area contributed by atoms with Crippen LogP contribution in [-0.4, -0.2) is 106 Å². The standard InChI is InChI=1S/C34H44N10O7S2/c1-9-49-39-23(25-37-30(53-40-25)38-31(47)50-33(3,4)5)27(45)36-24-28(46)44-19(2)21(17-52-29(24)44)16-41-12-10-11-22-26(41)35-18-43(22)15-20-13-42(14-20)32(48)51-34(6,7)8/h10-12,18,20,24,29H,9,13-17H2,1-8H3,(H-,36,37,38,40,45,47)/p+1/b39-23+. The Balaban J connectivity index is 1.08. The molecular formula is C34H45N10O7S2+. The molecule has 284 valence electrons. The number of carbonyl (C=O) groups excluding carboxylic acids is 4. The van der Waals surface area contributed by atoms with Crippen LogP contribution in [0.15, 0.2) is 41.1 Å². The summed E-state index contributed by atoms with van der Waals surface area (Å²) in [5.41, 5.74) is 2.26. The van der Waals surface area contributed by atoms with E-state index in [9.17, 15) is 19.2 Å². The molecule has 0 saturated carbocycles. The molecule has 53 heavy (non-hydrogen) atoms. The van der Waals surface area contributed by atoms with Crippen molar-refractivity contribution in [3.05, 3.63) is 41.8 Å². The van der Waals surface area contributed by atoms with Gasteiger partial charge in [-0.3, -0.25) is 19.8 Å². The smallest absolute Gasteiger partial charge is 0.414 e. The molecule has 0 bridgehead atoms. The molecule has 17 nitrogen and oxygen atoms in total. The Morgan fingerprint density at radius 2 is 1.85 bits per heavy atom. The van der Waals surface area contributed by atoms with Gasteiger partial charge in [0.1, 0.15) is 41.3 Å². The van der Waals surface area contributed by atoms with Crippen LogP contribution in [0, 0.1) is 5.92 Å². The summed E-state index contributed by atoms with van der Waals surface area (Å²) in [4.78, 5) is 69.1. The van der Waals surface area contributed by atoms with Crippen LogP contribution in [0.5, 0.6) is 0 Å². The fourth-order valence-corrected chi connectivity index (χ4v) is 8.04. The van der Waals surface area contributed by atoms with E-state index in [2.05, 4.69) is 34.3 Å². The second kappa shape index (κ2) is 14.9. The van der Waals surface area contributed by atoms with Crippen molar-refractivity contribution in [2.24, 2.45) is 11.1 Å². The first-order valence-corrected chi connectivity index (χ1v) is 19.1. The van der Waals surface area contributed by atoms with E-state index in [0.29, 0.717) is 31.3 Å². The highest BCUT2D eigenvalue weighted by molar-refractivity contribution is 8.00. The molecule has 2 saturated heterocycles. The van der Waals surface area contributed by atoms with Crippen LogP contribution in [0.1, 0.15) is 61.2 Å². The molecule has 19 heteroatoms. The van der Waals surface area contributed by atoms with Crippen molar-refractivity contribution < 1.29 is 38.1 Å². The Kier molecular flexibility index (Phi) is 10.7. The monoisotopic (exact) mass is 769 g/mol. The predicted molar refractivity (Wildman–Crippen MR) is 197 cm³/mol. The van der Waals surface area contributed by atoms with E-state index in [-0.39, 0.29) is 40.6 Å². The number of oxime groups is 1. The Morgan fingerprint density at radius 3 is 2.55 bits per heavy atom. The zero-order valence-electron chi connectivity index (χ0n) is 31.0. The van der Waals surface area contributed by atoms with Crippen LogP contribution in [0.3, 0.4) is 0 Å². The molecular weight excluding hydrogens is 725 g/mol. The number of aromatic nitrogens is 5. The van der Waals surface area contributed by atoms with E-state index >= 15 is 0 Å². The van der Waals surface area contributed by atoms with Crippen molar-refractivity contribution in [3.8, 4) is 0 Å². The number of β-lactam (4-membered cyclic amide) rings is 1. The van der Waals surface area contributed by atoms with Gasteiger partial charge in [0.15, 0.2) is 0 Å². The zero-order chi connectivity index (χ0) is 38.2. The Morgan fingerprint density at radius 1 is 1.11 bits per heavy atom. The third-order valence-electron chi connectivity index (χ3n) is 8.45. The maximum atomic E-state index is 13.5. The van der Waals surface area contributed by atoms with Gasteiger partial charge in [0, 0.05) is 54.1 Å². The summed E-state index contributed by atoms with van der Waals surface area (Å²) in [5, 5.41) is 9.02. The highest BCUT2D eigenvalue weighted by Gasteiger charge is 2.52. The molecule has 6 heterocycles. The number of thioether (sulfide) groups is 1. The number of anilines is 1. The average Bonchev–Trinajstić information content (AvgIpc) is 3.67. The van der Waals surface area contributed by atoms with Gasteiger partial charge in [0.25, 0.3) is 11.8 Å². The molecule has 0 radical (unpaired) electrons. The molecule has 2 unspecified atom stereocenters. The minimum atomic E-state index is -0.793. The van der Waals surface area contributed by atoms with Gasteiger partial charge in [-0.2, -0.15) is 9.36 Å². The zero-order valence-corrected chi connectivity index (χ0v) is 32.7. The van der Waals surface area contributed by atoms with E-state index in [0.717, 1.165) is 40.5 Å². The van der Waals surface area contributed by atoms with Crippen molar-refractivity contribution in [3.63, 3.8) is 0 Å². The third kappa shape index (κ3) is 8.56. The number of ether oxygens (including phenoxy) is 2. The lowest BCUT2D eigenvalue weighted by Crippen LogP contribution is -2.70. The topological polar surface area (TPSA) is 186 Å². The summed E-state index contributed by atoms with van der Waals surface area (Å²) in [6.07, 6.45) is 2.81. The molecule has 0 aliphatic carbocycles. The number of nitrogens with one attached hydrogen (secondary N) is 2. The summed E-state index contributed by atoms with van der Waals surface area (Å²) >= 11 is 2.42. The molecule has 2 atom stereocenters. The number of pyridine rings is 1. The highest BCUT2D eigenvalue weighted by atomic mass is 32.2. The number of amides is 4. The number of likely N-dealkylation sites (tertiary alicyclic amines) is 1. The molecule has 3 aliphatic heterocycles. The fraction of sp³-hybridized carbons (Fsp3) is 0.559. The molecule has 4 amide bonds. The lowest BCUT2D eigenvalue weighted by atomic mass is 10.0. The first kappa shape index (κ1) is 38.0. The number of carbonyl (C=O) groups is 4. The Bertz CT molecular complexity index is 1970. The van der Waals surface area contributed by atoms with Gasteiger partial charge >= 0.3 is 17.8 Å². The number of nitrogens with zero attached hydrogens (tertiary/aromatic N) is 8. The molecule has 2 N–H and O–H groups in total. The number of allylic oxidation sites excluding steroid dienone is 1. The van der Waals surface area contributed by atoms with Crippen LogP contribution in [-0.2, 0) is 37.0 Å².